The molecule has 1 aromatic rings. The van der Waals surface area contributed by atoms with Crippen molar-refractivity contribution in [3.05, 3.63) is 34.6 Å². The van der Waals surface area contributed by atoms with Crippen molar-refractivity contribution >= 4 is 11.6 Å². The molecule has 134 valence electrons. The molecule has 0 amide bonds. The average molecular weight is 351 g/mol. The third-order valence-electron chi connectivity index (χ3n) is 6.71. The highest BCUT2D eigenvalue weighted by atomic mass is 35.5. The van der Waals surface area contributed by atoms with Gasteiger partial charge in [-0.15, -0.1) is 0 Å². The normalized spacial score (nSPS) is 31.1. The lowest BCUT2D eigenvalue weighted by molar-refractivity contribution is 0.156. The Hall–Kier alpha value is -0.560. The van der Waals surface area contributed by atoms with Crippen LogP contribution in [0.15, 0.2) is 18.2 Å². The van der Waals surface area contributed by atoms with Gasteiger partial charge in [0.25, 0.3) is 0 Å². The fourth-order valence-electron chi connectivity index (χ4n) is 5.13. The summed E-state index contributed by atoms with van der Waals surface area (Å²) in [5.74, 6) is 3.17. The summed E-state index contributed by atoms with van der Waals surface area (Å²) in [6, 6.07) is 5.40. The van der Waals surface area contributed by atoms with E-state index in [0.29, 0.717) is 5.92 Å². The average Bonchev–Trinajstić information content (AvgIpc) is 2.63. The van der Waals surface area contributed by atoms with Gasteiger partial charge < -0.3 is 0 Å². The molecular weight excluding hydrogens is 319 g/mol. The zero-order chi connectivity index (χ0) is 16.9. The van der Waals surface area contributed by atoms with Gasteiger partial charge in [-0.25, -0.2) is 4.39 Å². The quantitative estimate of drug-likeness (QED) is 0.509. The minimum absolute atomic E-state index is 0.243. The van der Waals surface area contributed by atoms with Gasteiger partial charge in [-0.05, 0) is 79.9 Å². The fourth-order valence-corrected chi connectivity index (χ4v) is 5.25. The molecule has 0 heterocycles. The van der Waals surface area contributed by atoms with Crippen molar-refractivity contribution in [3.8, 4) is 0 Å². The van der Waals surface area contributed by atoms with Crippen molar-refractivity contribution in [1.29, 1.82) is 0 Å². The molecule has 0 aliphatic heterocycles. The van der Waals surface area contributed by atoms with E-state index in [2.05, 4.69) is 6.92 Å². The highest BCUT2D eigenvalue weighted by Crippen LogP contribution is 2.44. The molecule has 24 heavy (non-hydrogen) atoms. The van der Waals surface area contributed by atoms with Crippen molar-refractivity contribution < 1.29 is 4.39 Å². The highest BCUT2D eigenvalue weighted by Gasteiger charge is 2.31. The summed E-state index contributed by atoms with van der Waals surface area (Å²) in [5, 5.41) is 0.243. The third kappa shape index (κ3) is 4.54. The van der Waals surface area contributed by atoms with Crippen molar-refractivity contribution in [2.24, 2.45) is 17.8 Å². The summed E-state index contributed by atoms with van der Waals surface area (Å²) in [4.78, 5) is 0. The zero-order valence-corrected chi connectivity index (χ0v) is 15.8. The minimum Gasteiger partial charge on any atom is -0.205 e. The molecule has 1 aromatic carbocycles. The zero-order valence-electron chi connectivity index (χ0n) is 15.1. The lowest BCUT2D eigenvalue weighted by atomic mass is 9.68. The van der Waals surface area contributed by atoms with E-state index in [9.17, 15) is 4.39 Å². The summed E-state index contributed by atoms with van der Waals surface area (Å²) < 4.78 is 13.7. The standard InChI is InChI=1S/C22H32ClF/c1-2-3-4-16-5-7-17(8-6-16)18-9-11-19(12-10-18)20-13-14-21(23)22(24)15-20/h13-19H,2-12H2,1H3. The Labute approximate surface area is 152 Å². The van der Waals surface area contributed by atoms with Crippen molar-refractivity contribution in [2.75, 3.05) is 0 Å². The number of hydrogen-bond donors (Lipinski definition) is 0. The Morgan fingerprint density at radius 3 is 2.17 bits per heavy atom. The number of hydrogen-bond acceptors (Lipinski definition) is 0. The maximum Gasteiger partial charge on any atom is 0.142 e. The molecule has 2 aliphatic carbocycles. The largest absolute Gasteiger partial charge is 0.205 e. The molecule has 3 rings (SSSR count). The predicted molar refractivity (Wildman–Crippen MR) is 101 cm³/mol. The summed E-state index contributed by atoms with van der Waals surface area (Å²) in [7, 11) is 0. The molecule has 0 N–H and O–H groups in total. The monoisotopic (exact) mass is 350 g/mol. The third-order valence-corrected chi connectivity index (χ3v) is 7.02. The number of unbranched alkanes of at least 4 members (excludes halogenated alkanes) is 1. The number of rotatable bonds is 5. The second-order valence-corrected chi connectivity index (χ2v) is 8.62. The van der Waals surface area contributed by atoms with E-state index in [1.54, 1.807) is 12.1 Å². The van der Waals surface area contributed by atoms with Gasteiger partial charge in [0.05, 0.1) is 5.02 Å². The van der Waals surface area contributed by atoms with Crippen LogP contribution in [0.2, 0.25) is 5.02 Å². The molecule has 0 spiro atoms. The van der Waals surface area contributed by atoms with Crippen LogP contribution in [-0.4, -0.2) is 0 Å². The van der Waals surface area contributed by atoms with Gasteiger partial charge >= 0.3 is 0 Å². The van der Waals surface area contributed by atoms with Gasteiger partial charge in [-0.1, -0.05) is 56.7 Å². The van der Waals surface area contributed by atoms with Crippen LogP contribution in [0.1, 0.15) is 89.0 Å². The van der Waals surface area contributed by atoms with E-state index in [4.69, 9.17) is 11.6 Å². The Morgan fingerprint density at radius 1 is 0.958 bits per heavy atom. The van der Waals surface area contributed by atoms with Crippen molar-refractivity contribution in [3.63, 3.8) is 0 Å². The lowest BCUT2D eigenvalue weighted by Crippen LogP contribution is -2.25. The molecule has 0 atom stereocenters. The van der Waals surface area contributed by atoms with Crippen LogP contribution < -0.4 is 0 Å². The van der Waals surface area contributed by atoms with E-state index in [-0.39, 0.29) is 10.8 Å². The molecule has 2 fully saturated rings. The van der Waals surface area contributed by atoms with Gasteiger partial charge in [-0.2, -0.15) is 0 Å². The van der Waals surface area contributed by atoms with Gasteiger partial charge in [0.2, 0.25) is 0 Å². The molecule has 0 aromatic heterocycles. The van der Waals surface area contributed by atoms with Gasteiger partial charge in [0.15, 0.2) is 0 Å². The molecule has 0 unspecified atom stereocenters. The first-order chi connectivity index (χ1) is 11.7. The van der Waals surface area contributed by atoms with Crippen LogP contribution in [0.4, 0.5) is 4.39 Å². The Morgan fingerprint density at radius 2 is 1.58 bits per heavy atom. The predicted octanol–water partition coefficient (Wildman–Crippen LogP) is 7.75. The Balaban J connectivity index is 1.46. The molecule has 2 heteroatoms. The molecule has 0 nitrogen and oxygen atoms in total. The van der Waals surface area contributed by atoms with E-state index in [1.807, 2.05) is 6.07 Å². The molecule has 0 radical (unpaired) electrons. The smallest absolute Gasteiger partial charge is 0.142 e. The minimum atomic E-state index is -0.262. The maximum atomic E-state index is 13.7. The van der Waals surface area contributed by atoms with Crippen LogP contribution in [0.3, 0.4) is 0 Å². The number of benzene rings is 1. The van der Waals surface area contributed by atoms with Crippen LogP contribution in [0.25, 0.3) is 0 Å². The summed E-state index contributed by atoms with van der Waals surface area (Å²) in [6.45, 7) is 2.30. The fraction of sp³-hybridized carbons (Fsp3) is 0.727. The Bertz CT molecular complexity index is 511. The summed E-state index contributed by atoms with van der Waals surface area (Å²) in [6.07, 6.45) is 15.2. The van der Waals surface area contributed by atoms with Crippen LogP contribution in [0, 0.1) is 23.6 Å². The first-order valence-corrected chi connectivity index (χ1v) is 10.5. The molecule has 2 aliphatic rings. The molecule has 0 saturated heterocycles. The van der Waals surface area contributed by atoms with Crippen molar-refractivity contribution in [1.82, 2.24) is 0 Å². The van der Waals surface area contributed by atoms with E-state index in [0.717, 1.165) is 23.3 Å². The Kier molecular flexibility index (Phi) is 6.61. The summed E-state index contributed by atoms with van der Waals surface area (Å²) in [5.41, 5.74) is 1.15. The van der Waals surface area contributed by atoms with E-state index < -0.39 is 0 Å². The van der Waals surface area contributed by atoms with E-state index >= 15 is 0 Å². The lowest BCUT2D eigenvalue weighted by Gasteiger charge is -2.38. The molecule has 2 saturated carbocycles. The van der Waals surface area contributed by atoms with Gasteiger partial charge in [0.1, 0.15) is 5.82 Å². The van der Waals surface area contributed by atoms with E-state index in [1.165, 1.54) is 70.6 Å². The SMILES string of the molecule is CCCCC1CCC(C2CCC(c3ccc(Cl)c(F)c3)CC2)CC1. The first kappa shape index (κ1) is 18.2. The van der Waals surface area contributed by atoms with Crippen LogP contribution >= 0.6 is 11.6 Å². The van der Waals surface area contributed by atoms with Gasteiger partial charge in [-0.3, -0.25) is 0 Å². The van der Waals surface area contributed by atoms with Gasteiger partial charge in [0, 0.05) is 0 Å². The van der Waals surface area contributed by atoms with Crippen molar-refractivity contribution in [2.45, 2.75) is 83.5 Å². The maximum absolute atomic E-state index is 13.7. The van der Waals surface area contributed by atoms with Crippen LogP contribution in [0.5, 0.6) is 0 Å². The second kappa shape index (κ2) is 8.70. The second-order valence-electron chi connectivity index (χ2n) is 8.21. The topological polar surface area (TPSA) is 0 Å². The highest BCUT2D eigenvalue weighted by molar-refractivity contribution is 6.30. The molecular formula is C22H32ClF. The number of halogens is 2. The summed E-state index contributed by atoms with van der Waals surface area (Å²) >= 11 is 5.81. The van der Waals surface area contributed by atoms with Crippen LogP contribution in [-0.2, 0) is 0 Å². The first-order valence-electron chi connectivity index (χ1n) is 10.1. The molecule has 0 bridgehead atoms.